The number of anilines is 2. The molecule has 0 saturated carbocycles. The Hall–Kier alpha value is -1.83. The maximum atomic E-state index is 8.87. The third-order valence-corrected chi connectivity index (χ3v) is 2.55. The maximum Gasteiger partial charge on any atom is 0.183 e. The molecule has 2 rings (SSSR count). The fraction of sp³-hybridized carbons (Fsp3) is 0. The van der Waals surface area contributed by atoms with E-state index in [2.05, 4.69) is 15.3 Å². The third kappa shape index (κ3) is 2.64. The van der Waals surface area contributed by atoms with Crippen LogP contribution in [0, 0.1) is 11.3 Å². The molecule has 1 heterocycles. The van der Waals surface area contributed by atoms with Crippen LogP contribution < -0.4 is 5.32 Å². The average Bonchev–Trinajstić information content (AvgIpc) is 2.34. The minimum Gasteiger partial charge on any atom is -0.337 e. The van der Waals surface area contributed by atoms with E-state index in [1.54, 1.807) is 18.2 Å². The molecule has 6 heteroatoms. The largest absolute Gasteiger partial charge is 0.337 e. The predicted molar refractivity (Wildman–Crippen MR) is 66.5 cm³/mol. The highest BCUT2D eigenvalue weighted by Gasteiger charge is 2.07. The Morgan fingerprint density at radius 3 is 2.71 bits per heavy atom. The number of hydrogen-bond acceptors (Lipinski definition) is 4. The van der Waals surface area contributed by atoms with Crippen LogP contribution in [0.4, 0.5) is 11.5 Å². The van der Waals surface area contributed by atoms with Crippen LogP contribution in [0.2, 0.25) is 10.0 Å². The van der Waals surface area contributed by atoms with E-state index in [4.69, 9.17) is 28.5 Å². The monoisotopic (exact) mass is 264 g/mol. The molecule has 1 N–H and O–H groups in total. The van der Waals surface area contributed by atoms with Gasteiger partial charge in [0.05, 0.1) is 10.7 Å². The number of benzene rings is 1. The molecule has 0 amide bonds. The molecular formula is C11H6Cl2N4. The number of nitrogens with one attached hydrogen (secondary N) is 1. The molecule has 0 fully saturated rings. The predicted octanol–water partition coefficient (Wildman–Crippen LogP) is 3.40. The van der Waals surface area contributed by atoms with Crippen LogP contribution in [-0.4, -0.2) is 9.97 Å². The Balaban J connectivity index is 2.38. The van der Waals surface area contributed by atoms with Crippen molar-refractivity contribution in [2.24, 2.45) is 0 Å². The number of aromatic nitrogens is 2. The summed E-state index contributed by atoms with van der Waals surface area (Å²) in [6.07, 6.45) is 2.94. The molecule has 0 radical (unpaired) electrons. The average molecular weight is 265 g/mol. The van der Waals surface area contributed by atoms with Crippen molar-refractivity contribution in [2.45, 2.75) is 0 Å². The zero-order valence-corrected chi connectivity index (χ0v) is 10.00. The molecule has 0 aliphatic rings. The minimum absolute atomic E-state index is 0.198. The van der Waals surface area contributed by atoms with Gasteiger partial charge in [0, 0.05) is 17.4 Å². The molecule has 84 valence electrons. The van der Waals surface area contributed by atoms with Gasteiger partial charge in [-0.3, -0.25) is 0 Å². The van der Waals surface area contributed by atoms with Crippen molar-refractivity contribution >= 4 is 34.7 Å². The quantitative estimate of drug-likeness (QED) is 0.903. The van der Waals surface area contributed by atoms with Crippen molar-refractivity contribution in [3.05, 3.63) is 46.3 Å². The molecule has 17 heavy (non-hydrogen) atoms. The van der Waals surface area contributed by atoms with Gasteiger partial charge in [-0.2, -0.15) is 5.26 Å². The lowest BCUT2D eigenvalue weighted by atomic mass is 10.3. The van der Waals surface area contributed by atoms with E-state index in [-0.39, 0.29) is 5.69 Å². The van der Waals surface area contributed by atoms with Crippen LogP contribution in [0.25, 0.3) is 0 Å². The summed E-state index contributed by atoms with van der Waals surface area (Å²) in [5.74, 6) is 0.346. The van der Waals surface area contributed by atoms with Gasteiger partial charge in [-0.1, -0.05) is 23.2 Å². The normalized spacial score (nSPS) is 9.71. The molecule has 0 unspecified atom stereocenters. The van der Waals surface area contributed by atoms with E-state index in [9.17, 15) is 0 Å². The van der Waals surface area contributed by atoms with Gasteiger partial charge in [0.25, 0.3) is 0 Å². The summed E-state index contributed by atoms with van der Waals surface area (Å²) in [7, 11) is 0. The molecule has 4 nitrogen and oxygen atoms in total. The van der Waals surface area contributed by atoms with E-state index >= 15 is 0 Å². The van der Waals surface area contributed by atoms with Crippen LogP contribution in [0.1, 0.15) is 5.69 Å². The van der Waals surface area contributed by atoms with E-state index < -0.39 is 0 Å². The first-order valence-corrected chi connectivity index (χ1v) is 5.39. The maximum absolute atomic E-state index is 8.87. The van der Waals surface area contributed by atoms with Crippen LogP contribution in [-0.2, 0) is 0 Å². The summed E-state index contributed by atoms with van der Waals surface area (Å²) < 4.78 is 0. The third-order valence-electron chi connectivity index (χ3n) is 1.99. The summed E-state index contributed by atoms with van der Waals surface area (Å²) in [5.41, 5.74) is 0.778. The SMILES string of the molecule is N#Cc1nccnc1Nc1cc(Cl)ccc1Cl. The molecule has 0 atom stereocenters. The zero-order chi connectivity index (χ0) is 12.3. The van der Waals surface area contributed by atoms with Crippen molar-refractivity contribution in [3.8, 4) is 6.07 Å². The second kappa shape index (κ2) is 5.00. The molecule has 0 spiro atoms. The molecule has 0 aliphatic carbocycles. The highest BCUT2D eigenvalue weighted by Crippen LogP contribution is 2.28. The Morgan fingerprint density at radius 2 is 1.94 bits per heavy atom. The van der Waals surface area contributed by atoms with E-state index in [1.165, 1.54) is 12.4 Å². The highest BCUT2D eigenvalue weighted by atomic mass is 35.5. The summed E-state index contributed by atoms with van der Waals surface area (Å²) in [4.78, 5) is 7.90. The van der Waals surface area contributed by atoms with Crippen molar-refractivity contribution in [3.63, 3.8) is 0 Å². The summed E-state index contributed by atoms with van der Waals surface area (Å²) >= 11 is 11.8. The van der Waals surface area contributed by atoms with Crippen molar-refractivity contribution in [1.82, 2.24) is 9.97 Å². The molecule has 0 aliphatic heterocycles. The smallest absolute Gasteiger partial charge is 0.183 e. The Morgan fingerprint density at radius 1 is 1.18 bits per heavy atom. The van der Waals surface area contributed by atoms with Crippen LogP contribution in [0.15, 0.2) is 30.6 Å². The van der Waals surface area contributed by atoms with Gasteiger partial charge < -0.3 is 5.32 Å². The summed E-state index contributed by atoms with van der Waals surface area (Å²) in [6.45, 7) is 0. The summed E-state index contributed by atoms with van der Waals surface area (Å²) in [6, 6.07) is 6.93. The van der Waals surface area contributed by atoms with E-state index in [1.807, 2.05) is 6.07 Å². The Kier molecular flexibility index (Phi) is 3.43. The minimum atomic E-state index is 0.198. The highest BCUT2D eigenvalue weighted by molar-refractivity contribution is 6.35. The van der Waals surface area contributed by atoms with Crippen molar-refractivity contribution < 1.29 is 0 Å². The molecule has 0 bridgehead atoms. The first kappa shape index (κ1) is 11.6. The second-order valence-corrected chi connectivity index (χ2v) is 3.96. The van der Waals surface area contributed by atoms with E-state index in [0.29, 0.717) is 21.6 Å². The first-order valence-electron chi connectivity index (χ1n) is 4.64. The summed E-state index contributed by atoms with van der Waals surface area (Å²) in [5, 5.41) is 12.8. The first-order chi connectivity index (χ1) is 8.20. The number of hydrogen-bond donors (Lipinski definition) is 1. The second-order valence-electron chi connectivity index (χ2n) is 3.11. The molecule has 0 saturated heterocycles. The van der Waals surface area contributed by atoms with Crippen molar-refractivity contribution in [1.29, 1.82) is 5.26 Å². The van der Waals surface area contributed by atoms with E-state index in [0.717, 1.165) is 0 Å². The van der Waals surface area contributed by atoms with Gasteiger partial charge in [-0.05, 0) is 18.2 Å². The van der Waals surface area contributed by atoms with Crippen LogP contribution in [0.5, 0.6) is 0 Å². The van der Waals surface area contributed by atoms with Crippen LogP contribution in [0.3, 0.4) is 0 Å². The molecule has 2 aromatic rings. The topological polar surface area (TPSA) is 61.6 Å². The lowest BCUT2D eigenvalue weighted by molar-refractivity contribution is 1.16. The van der Waals surface area contributed by atoms with Gasteiger partial charge >= 0.3 is 0 Å². The lowest BCUT2D eigenvalue weighted by Crippen LogP contribution is -1.99. The Labute approximate surface area is 108 Å². The number of rotatable bonds is 2. The van der Waals surface area contributed by atoms with Crippen molar-refractivity contribution in [2.75, 3.05) is 5.32 Å². The van der Waals surface area contributed by atoms with Gasteiger partial charge in [0.1, 0.15) is 6.07 Å². The van der Waals surface area contributed by atoms with Crippen LogP contribution >= 0.6 is 23.2 Å². The Bertz CT molecular complexity index is 592. The fourth-order valence-corrected chi connectivity index (χ4v) is 1.57. The van der Waals surface area contributed by atoms with Gasteiger partial charge in [0.2, 0.25) is 0 Å². The molecule has 1 aromatic carbocycles. The number of nitrogens with zero attached hydrogens (tertiary/aromatic N) is 3. The lowest BCUT2D eigenvalue weighted by Gasteiger charge is -2.08. The molecular weight excluding hydrogens is 259 g/mol. The van der Waals surface area contributed by atoms with Gasteiger partial charge in [0.15, 0.2) is 11.5 Å². The number of halogens is 2. The zero-order valence-electron chi connectivity index (χ0n) is 8.48. The van der Waals surface area contributed by atoms with Gasteiger partial charge in [-0.25, -0.2) is 9.97 Å². The van der Waals surface area contributed by atoms with Gasteiger partial charge in [-0.15, -0.1) is 0 Å². The molecule has 1 aromatic heterocycles. The fourth-order valence-electron chi connectivity index (χ4n) is 1.23. The number of nitriles is 1. The standard InChI is InChI=1S/C11H6Cl2N4/c12-7-1-2-8(13)9(5-7)17-11-10(6-14)15-3-4-16-11/h1-5H,(H,16,17).